The quantitative estimate of drug-likeness (QED) is 0.658. The average Bonchev–Trinajstić information content (AvgIpc) is 2.87. The molecule has 1 fully saturated rings. The summed E-state index contributed by atoms with van der Waals surface area (Å²) in [6.07, 6.45) is 3.91. The number of nitro groups is 1. The topological polar surface area (TPSA) is 98.3 Å². The van der Waals surface area contributed by atoms with Crippen LogP contribution in [0.15, 0.2) is 18.2 Å². The highest BCUT2D eigenvalue weighted by atomic mass is 35.5. The van der Waals surface area contributed by atoms with E-state index in [2.05, 4.69) is 5.32 Å². The molecule has 1 saturated carbocycles. The van der Waals surface area contributed by atoms with Crippen molar-refractivity contribution < 1.29 is 9.72 Å². The lowest BCUT2D eigenvalue weighted by molar-refractivity contribution is -0.384. The van der Waals surface area contributed by atoms with Crippen molar-refractivity contribution >= 4 is 24.0 Å². The lowest BCUT2D eigenvalue weighted by atomic mass is 9.96. The van der Waals surface area contributed by atoms with Gasteiger partial charge in [-0.05, 0) is 31.4 Å². The first-order chi connectivity index (χ1) is 9.47. The van der Waals surface area contributed by atoms with Gasteiger partial charge in [-0.15, -0.1) is 12.4 Å². The van der Waals surface area contributed by atoms with Gasteiger partial charge in [0.1, 0.15) is 0 Å². The molecule has 0 aromatic heterocycles. The van der Waals surface area contributed by atoms with Crippen molar-refractivity contribution in [3.63, 3.8) is 0 Å². The number of nitrogens with one attached hydrogen (secondary N) is 1. The maximum Gasteiger partial charge on any atom is 0.269 e. The molecule has 0 radical (unpaired) electrons. The number of hydrogen-bond donors (Lipinski definition) is 2. The molecule has 1 aliphatic rings. The molecule has 2 rings (SSSR count). The van der Waals surface area contributed by atoms with E-state index in [0.29, 0.717) is 17.7 Å². The lowest BCUT2D eigenvalue weighted by Gasteiger charge is -2.29. The molecule has 1 aliphatic carbocycles. The van der Waals surface area contributed by atoms with Crippen LogP contribution in [0.3, 0.4) is 0 Å². The number of halogens is 1. The van der Waals surface area contributed by atoms with Crippen LogP contribution >= 0.6 is 12.4 Å². The first-order valence-electron chi connectivity index (χ1n) is 6.75. The summed E-state index contributed by atoms with van der Waals surface area (Å²) in [4.78, 5) is 22.6. The molecule has 0 atom stereocenters. The molecule has 6 nitrogen and oxygen atoms in total. The van der Waals surface area contributed by atoms with E-state index >= 15 is 0 Å². The molecule has 0 spiro atoms. The van der Waals surface area contributed by atoms with E-state index in [9.17, 15) is 14.9 Å². The number of hydrogen-bond acceptors (Lipinski definition) is 4. The van der Waals surface area contributed by atoms with Gasteiger partial charge in [0.25, 0.3) is 11.6 Å². The van der Waals surface area contributed by atoms with Crippen LogP contribution in [0.1, 0.15) is 41.6 Å². The van der Waals surface area contributed by atoms with Crippen molar-refractivity contribution in [1.29, 1.82) is 0 Å². The second-order valence-electron chi connectivity index (χ2n) is 5.40. The number of benzene rings is 1. The minimum atomic E-state index is -0.465. The first-order valence-corrected chi connectivity index (χ1v) is 6.75. The molecule has 0 bridgehead atoms. The van der Waals surface area contributed by atoms with Crippen LogP contribution in [0.4, 0.5) is 5.69 Å². The molecule has 7 heteroatoms. The lowest BCUT2D eigenvalue weighted by Crippen LogP contribution is -2.51. The summed E-state index contributed by atoms with van der Waals surface area (Å²) in [5, 5.41) is 13.7. The van der Waals surface area contributed by atoms with Crippen molar-refractivity contribution in [3.05, 3.63) is 39.4 Å². The summed E-state index contributed by atoms with van der Waals surface area (Å²) >= 11 is 0. The van der Waals surface area contributed by atoms with Crippen LogP contribution in [-0.2, 0) is 0 Å². The van der Waals surface area contributed by atoms with E-state index in [1.807, 2.05) is 0 Å². The van der Waals surface area contributed by atoms with Crippen molar-refractivity contribution in [3.8, 4) is 0 Å². The highest BCUT2D eigenvalue weighted by Gasteiger charge is 2.34. The van der Waals surface area contributed by atoms with Crippen LogP contribution < -0.4 is 11.1 Å². The maximum absolute atomic E-state index is 12.3. The smallest absolute Gasteiger partial charge is 0.269 e. The highest BCUT2D eigenvalue weighted by Crippen LogP contribution is 2.29. The predicted octanol–water partition coefficient (Wildman–Crippen LogP) is 2.33. The molecule has 21 heavy (non-hydrogen) atoms. The normalized spacial score (nSPS) is 16.1. The first kappa shape index (κ1) is 17.4. The molecule has 116 valence electrons. The van der Waals surface area contributed by atoms with Crippen molar-refractivity contribution in [2.45, 2.75) is 38.1 Å². The van der Waals surface area contributed by atoms with Gasteiger partial charge in [-0.2, -0.15) is 0 Å². The Balaban J connectivity index is 0.00000220. The Hall–Kier alpha value is -1.66. The zero-order chi connectivity index (χ0) is 14.8. The third-order valence-corrected chi connectivity index (χ3v) is 4.00. The Kier molecular flexibility index (Phi) is 5.69. The van der Waals surface area contributed by atoms with Gasteiger partial charge in [0.05, 0.1) is 10.5 Å². The number of nitrogens with zero attached hydrogens (tertiary/aromatic N) is 1. The summed E-state index contributed by atoms with van der Waals surface area (Å²) in [6, 6.07) is 4.27. The molecule has 1 aromatic carbocycles. The van der Waals surface area contributed by atoms with Crippen LogP contribution in [0.25, 0.3) is 0 Å². The Morgan fingerprint density at radius 3 is 2.52 bits per heavy atom. The fraction of sp³-hybridized carbons (Fsp3) is 0.500. The molecule has 0 unspecified atom stereocenters. The molecule has 0 heterocycles. The molecular formula is C14H20ClN3O3. The van der Waals surface area contributed by atoms with E-state index in [1.165, 1.54) is 18.2 Å². The van der Waals surface area contributed by atoms with Gasteiger partial charge in [0.15, 0.2) is 0 Å². The fourth-order valence-corrected chi connectivity index (χ4v) is 2.76. The Bertz CT molecular complexity index is 542. The van der Waals surface area contributed by atoms with Crippen molar-refractivity contribution in [2.24, 2.45) is 5.73 Å². The minimum absolute atomic E-state index is 0. The molecule has 1 amide bonds. The Morgan fingerprint density at radius 1 is 1.43 bits per heavy atom. The van der Waals surface area contributed by atoms with Crippen LogP contribution in [0.2, 0.25) is 0 Å². The number of aryl methyl sites for hydroxylation is 1. The van der Waals surface area contributed by atoms with Gasteiger partial charge in [0, 0.05) is 24.2 Å². The van der Waals surface area contributed by atoms with Gasteiger partial charge in [-0.1, -0.05) is 12.8 Å². The average molecular weight is 314 g/mol. The van der Waals surface area contributed by atoms with Crippen molar-refractivity contribution in [1.82, 2.24) is 5.32 Å². The Morgan fingerprint density at radius 2 is 2.05 bits per heavy atom. The third-order valence-electron chi connectivity index (χ3n) is 4.00. The van der Waals surface area contributed by atoms with Crippen LogP contribution in [-0.4, -0.2) is 22.9 Å². The van der Waals surface area contributed by atoms with E-state index in [0.717, 1.165) is 25.7 Å². The molecule has 1 aromatic rings. The van der Waals surface area contributed by atoms with Gasteiger partial charge < -0.3 is 11.1 Å². The second-order valence-corrected chi connectivity index (χ2v) is 5.40. The third kappa shape index (κ3) is 3.71. The van der Waals surface area contributed by atoms with Gasteiger partial charge in [0.2, 0.25) is 0 Å². The van der Waals surface area contributed by atoms with Gasteiger partial charge >= 0.3 is 0 Å². The number of nitro benzene ring substituents is 1. The summed E-state index contributed by atoms with van der Waals surface area (Å²) in [5.74, 6) is -0.204. The van der Waals surface area contributed by atoms with E-state index in [4.69, 9.17) is 5.73 Å². The number of rotatable bonds is 4. The largest absolute Gasteiger partial charge is 0.345 e. The number of amides is 1. The van der Waals surface area contributed by atoms with E-state index in [-0.39, 0.29) is 29.5 Å². The fourth-order valence-electron chi connectivity index (χ4n) is 2.76. The molecular weight excluding hydrogens is 294 g/mol. The number of carbonyl (C=O) groups is 1. The van der Waals surface area contributed by atoms with E-state index < -0.39 is 4.92 Å². The van der Waals surface area contributed by atoms with Crippen LogP contribution in [0.5, 0.6) is 0 Å². The van der Waals surface area contributed by atoms with Crippen molar-refractivity contribution in [2.75, 3.05) is 6.54 Å². The summed E-state index contributed by atoms with van der Waals surface area (Å²) < 4.78 is 0. The van der Waals surface area contributed by atoms with Crippen LogP contribution in [0, 0.1) is 17.0 Å². The zero-order valence-corrected chi connectivity index (χ0v) is 12.7. The standard InChI is InChI=1S/C14H19N3O3.ClH/c1-10-8-11(17(19)20)4-5-12(10)13(18)16-14(9-15)6-2-3-7-14;/h4-5,8H,2-3,6-7,9,15H2,1H3,(H,16,18);1H. The van der Waals surface area contributed by atoms with E-state index in [1.54, 1.807) is 6.92 Å². The Labute approximate surface area is 129 Å². The summed E-state index contributed by atoms with van der Waals surface area (Å²) in [5.41, 5.74) is 6.54. The monoisotopic (exact) mass is 313 g/mol. The number of non-ortho nitro benzene ring substituents is 1. The minimum Gasteiger partial charge on any atom is -0.345 e. The number of nitrogens with two attached hydrogens (primary N) is 1. The molecule has 3 N–H and O–H groups in total. The number of carbonyl (C=O) groups excluding carboxylic acids is 1. The second kappa shape index (κ2) is 6.87. The van der Waals surface area contributed by atoms with Gasteiger partial charge in [-0.3, -0.25) is 14.9 Å². The maximum atomic E-state index is 12.3. The SMILES string of the molecule is Cc1cc([N+](=O)[O-])ccc1C(=O)NC1(CN)CCCC1.Cl. The highest BCUT2D eigenvalue weighted by molar-refractivity contribution is 5.96. The summed E-state index contributed by atoms with van der Waals surface area (Å²) in [7, 11) is 0. The zero-order valence-electron chi connectivity index (χ0n) is 11.9. The summed E-state index contributed by atoms with van der Waals surface area (Å²) in [6.45, 7) is 2.12. The predicted molar refractivity (Wildman–Crippen MR) is 82.8 cm³/mol. The molecule has 0 aliphatic heterocycles. The molecule has 0 saturated heterocycles. The van der Waals surface area contributed by atoms with Gasteiger partial charge in [-0.25, -0.2) is 0 Å².